The van der Waals surface area contributed by atoms with E-state index in [4.69, 9.17) is 0 Å². The topological polar surface area (TPSA) is 51.0 Å². The molecule has 0 N–H and O–H groups in total. The lowest BCUT2D eigenvalue weighted by Crippen LogP contribution is -2.42. The number of carbonyl (C=O) groups excluding carboxylic acids is 1. The molecule has 2 aromatic heterocycles. The molecule has 0 atom stereocenters. The van der Waals surface area contributed by atoms with Crippen molar-refractivity contribution in [2.45, 2.75) is 60.2 Å². The van der Waals surface area contributed by atoms with E-state index >= 15 is 0 Å². The molecule has 0 fully saturated rings. The molecule has 0 bridgehead atoms. The van der Waals surface area contributed by atoms with Gasteiger partial charge in [-0.05, 0) is 39.7 Å². The highest BCUT2D eigenvalue weighted by Crippen LogP contribution is 2.17. The first kappa shape index (κ1) is 16.5. The van der Waals surface area contributed by atoms with Gasteiger partial charge in [-0.2, -0.15) is 5.10 Å². The maximum absolute atomic E-state index is 12.7. The Kier molecular flexibility index (Phi) is 4.84. The quantitative estimate of drug-likeness (QED) is 0.851. The Hall–Kier alpha value is -1.91. The lowest BCUT2D eigenvalue weighted by atomic mass is 10.1. The average Bonchev–Trinajstić information content (AvgIpc) is 2.79. The first-order valence-corrected chi connectivity index (χ1v) is 7.95. The molecule has 5 heteroatoms. The van der Waals surface area contributed by atoms with Gasteiger partial charge >= 0.3 is 0 Å². The third kappa shape index (κ3) is 3.29. The van der Waals surface area contributed by atoms with E-state index in [9.17, 15) is 4.79 Å². The summed E-state index contributed by atoms with van der Waals surface area (Å²) in [4.78, 5) is 19.1. The van der Waals surface area contributed by atoms with Crippen LogP contribution in [0.2, 0.25) is 0 Å². The first-order chi connectivity index (χ1) is 10.3. The van der Waals surface area contributed by atoms with Crippen molar-refractivity contribution in [1.82, 2.24) is 19.7 Å². The minimum absolute atomic E-state index is 0.0241. The van der Waals surface area contributed by atoms with Gasteiger partial charge in [0.05, 0.1) is 11.8 Å². The summed E-state index contributed by atoms with van der Waals surface area (Å²) in [6.45, 7) is 13.3. The Bertz CT molecular complexity index is 650. The molecule has 1 amide bonds. The molecule has 2 aromatic rings. The number of fused-ring (bicyclic) bond motifs is 1. The van der Waals surface area contributed by atoms with Crippen molar-refractivity contribution < 1.29 is 4.79 Å². The molecular weight excluding hydrogens is 276 g/mol. The molecule has 0 saturated heterocycles. The van der Waals surface area contributed by atoms with Crippen LogP contribution in [0.4, 0.5) is 0 Å². The van der Waals surface area contributed by atoms with E-state index in [1.807, 2.05) is 43.3 Å². The number of hydrogen-bond acceptors (Lipinski definition) is 3. The van der Waals surface area contributed by atoms with Gasteiger partial charge in [0, 0.05) is 30.2 Å². The number of aromatic nitrogens is 3. The number of hydrogen-bond donors (Lipinski definition) is 0. The minimum atomic E-state index is 0.0241. The van der Waals surface area contributed by atoms with E-state index in [2.05, 4.69) is 23.9 Å². The van der Waals surface area contributed by atoms with Crippen LogP contribution in [0.15, 0.2) is 18.5 Å². The molecule has 2 heterocycles. The predicted octanol–water partition coefficient (Wildman–Crippen LogP) is 3.35. The number of rotatable bonds is 5. The average molecular weight is 302 g/mol. The van der Waals surface area contributed by atoms with Crippen molar-refractivity contribution in [3.8, 4) is 0 Å². The molecule has 0 unspecified atom stereocenters. The van der Waals surface area contributed by atoms with E-state index in [0.717, 1.165) is 17.6 Å². The molecule has 0 radical (unpaired) electrons. The number of amides is 1. The molecule has 2 rings (SSSR count). The van der Waals surface area contributed by atoms with Gasteiger partial charge in [-0.25, -0.2) is 9.67 Å². The molecular formula is C17H26N4O. The highest BCUT2D eigenvalue weighted by molar-refractivity contribution is 5.97. The van der Waals surface area contributed by atoms with Crippen LogP contribution in [-0.2, 0) is 6.54 Å². The maximum atomic E-state index is 12.7. The standard InChI is InChI=1S/C17H26N4O/c1-11(2)10-20-16-14(9-19-20)7-15(8-18-16)17(22)21(12(3)4)13(5)6/h7-9,11-13H,10H2,1-6H3. The van der Waals surface area contributed by atoms with Crippen molar-refractivity contribution in [3.05, 3.63) is 24.0 Å². The normalized spacial score (nSPS) is 11.9. The zero-order valence-corrected chi connectivity index (χ0v) is 14.4. The summed E-state index contributed by atoms with van der Waals surface area (Å²) in [5, 5.41) is 5.30. The second-order valence-electron chi connectivity index (χ2n) is 6.76. The summed E-state index contributed by atoms with van der Waals surface area (Å²) in [5.74, 6) is 0.527. The van der Waals surface area contributed by atoms with Gasteiger partial charge in [0.1, 0.15) is 0 Å². The van der Waals surface area contributed by atoms with Gasteiger partial charge in [-0.3, -0.25) is 4.79 Å². The fourth-order valence-electron chi connectivity index (χ4n) is 2.78. The molecule has 0 aromatic carbocycles. The number of carbonyl (C=O) groups is 1. The van der Waals surface area contributed by atoms with Gasteiger partial charge in [-0.15, -0.1) is 0 Å². The van der Waals surface area contributed by atoms with Gasteiger partial charge in [0.15, 0.2) is 5.65 Å². The fraction of sp³-hybridized carbons (Fsp3) is 0.588. The summed E-state index contributed by atoms with van der Waals surface area (Å²) >= 11 is 0. The maximum Gasteiger partial charge on any atom is 0.255 e. The summed E-state index contributed by atoms with van der Waals surface area (Å²) in [6, 6.07) is 2.21. The Morgan fingerprint density at radius 2 is 1.77 bits per heavy atom. The van der Waals surface area contributed by atoms with Crippen LogP contribution in [0.5, 0.6) is 0 Å². The Labute approximate surface area is 132 Å². The van der Waals surface area contributed by atoms with E-state index < -0.39 is 0 Å². The van der Waals surface area contributed by atoms with E-state index in [1.165, 1.54) is 0 Å². The Morgan fingerprint density at radius 1 is 1.14 bits per heavy atom. The van der Waals surface area contributed by atoms with Crippen LogP contribution in [0, 0.1) is 5.92 Å². The van der Waals surface area contributed by atoms with Crippen molar-refractivity contribution in [1.29, 1.82) is 0 Å². The lowest BCUT2D eigenvalue weighted by molar-refractivity contribution is 0.0643. The third-order valence-corrected chi connectivity index (χ3v) is 3.61. The van der Waals surface area contributed by atoms with Crippen molar-refractivity contribution in [2.24, 2.45) is 5.92 Å². The molecule has 5 nitrogen and oxygen atoms in total. The van der Waals surface area contributed by atoms with Gasteiger partial charge in [-0.1, -0.05) is 13.8 Å². The lowest BCUT2D eigenvalue weighted by Gasteiger charge is -2.30. The van der Waals surface area contributed by atoms with Crippen molar-refractivity contribution in [2.75, 3.05) is 0 Å². The SMILES string of the molecule is CC(C)Cn1ncc2cc(C(=O)N(C(C)C)C(C)C)cnc21. The van der Waals surface area contributed by atoms with Crippen LogP contribution in [0.3, 0.4) is 0 Å². The molecule has 0 spiro atoms. The van der Waals surface area contributed by atoms with Crippen LogP contribution in [-0.4, -0.2) is 37.7 Å². The Morgan fingerprint density at radius 3 is 2.32 bits per heavy atom. The molecule has 0 saturated carbocycles. The van der Waals surface area contributed by atoms with E-state index in [0.29, 0.717) is 11.5 Å². The van der Waals surface area contributed by atoms with Crippen LogP contribution < -0.4 is 0 Å². The summed E-state index contributed by atoms with van der Waals surface area (Å²) < 4.78 is 1.90. The van der Waals surface area contributed by atoms with E-state index in [1.54, 1.807) is 12.4 Å². The van der Waals surface area contributed by atoms with Crippen molar-refractivity contribution >= 4 is 16.9 Å². The van der Waals surface area contributed by atoms with Gasteiger partial charge < -0.3 is 4.90 Å². The molecule has 120 valence electrons. The van der Waals surface area contributed by atoms with Crippen LogP contribution in [0.25, 0.3) is 11.0 Å². The van der Waals surface area contributed by atoms with Crippen molar-refractivity contribution in [3.63, 3.8) is 0 Å². The highest BCUT2D eigenvalue weighted by Gasteiger charge is 2.22. The fourth-order valence-corrected chi connectivity index (χ4v) is 2.78. The van der Waals surface area contributed by atoms with Gasteiger partial charge in [0.2, 0.25) is 0 Å². The monoisotopic (exact) mass is 302 g/mol. The molecule has 0 aliphatic rings. The number of pyridine rings is 1. The zero-order valence-electron chi connectivity index (χ0n) is 14.4. The predicted molar refractivity (Wildman–Crippen MR) is 88.8 cm³/mol. The molecule has 0 aliphatic carbocycles. The van der Waals surface area contributed by atoms with E-state index in [-0.39, 0.29) is 18.0 Å². The minimum Gasteiger partial charge on any atom is -0.334 e. The third-order valence-electron chi connectivity index (χ3n) is 3.61. The summed E-state index contributed by atoms with van der Waals surface area (Å²) in [5.41, 5.74) is 1.46. The first-order valence-electron chi connectivity index (χ1n) is 7.95. The Balaban J connectivity index is 2.35. The van der Waals surface area contributed by atoms with Crippen LogP contribution in [0.1, 0.15) is 51.9 Å². The highest BCUT2D eigenvalue weighted by atomic mass is 16.2. The molecule has 0 aliphatic heterocycles. The van der Waals surface area contributed by atoms with Gasteiger partial charge in [0.25, 0.3) is 5.91 Å². The molecule has 22 heavy (non-hydrogen) atoms. The summed E-state index contributed by atoms with van der Waals surface area (Å²) in [6.07, 6.45) is 3.46. The number of nitrogens with zero attached hydrogens (tertiary/aromatic N) is 4. The zero-order chi connectivity index (χ0) is 16.4. The largest absolute Gasteiger partial charge is 0.334 e. The second-order valence-corrected chi connectivity index (χ2v) is 6.76. The smallest absolute Gasteiger partial charge is 0.255 e. The van der Waals surface area contributed by atoms with Crippen LogP contribution >= 0.6 is 0 Å². The second kappa shape index (κ2) is 6.46. The summed E-state index contributed by atoms with van der Waals surface area (Å²) in [7, 11) is 0.